The van der Waals surface area contributed by atoms with Crippen molar-refractivity contribution in [3.63, 3.8) is 0 Å². The average molecular weight is 389 g/mol. The van der Waals surface area contributed by atoms with Crippen LogP contribution in [0.4, 0.5) is 15.9 Å². The number of carbonyl (C=O) groups excluding carboxylic acids is 1. The van der Waals surface area contributed by atoms with Crippen LogP contribution in [0, 0.1) is 5.82 Å². The Labute approximate surface area is 161 Å². The van der Waals surface area contributed by atoms with Crippen molar-refractivity contribution in [3.8, 4) is 0 Å². The van der Waals surface area contributed by atoms with Crippen LogP contribution in [0.2, 0.25) is 5.28 Å². The molecular formula is C19H18ClFN4O2. The van der Waals surface area contributed by atoms with E-state index in [4.69, 9.17) is 16.3 Å². The molecule has 27 heavy (non-hydrogen) atoms. The molecular weight excluding hydrogens is 371 g/mol. The molecule has 2 heterocycles. The third kappa shape index (κ3) is 4.89. The molecule has 0 radical (unpaired) electrons. The molecule has 1 aromatic heterocycles. The van der Waals surface area contributed by atoms with Gasteiger partial charge in [-0.3, -0.25) is 4.99 Å². The first-order chi connectivity index (χ1) is 12.7. The number of nitrogens with one attached hydrogen (secondary N) is 1. The van der Waals surface area contributed by atoms with Crippen LogP contribution in [0.3, 0.4) is 0 Å². The number of carbonyl (C=O) groups is 1. The van der Waals surface area contributed by atoms with E-state index >= 15 is 0 Å². The highest BCUT2D eigenvalue weighted by atomic mass is 35.5. The first kappa shape index (κ1) is 19.0. The fourth-order valence-electron chi connectivity index (χ4n) is 2.39. The molecule has 0 fully saturated rings. The van der Waals surface area contributed by atoms with Crippen molar-refractivity contribution in [2.75, 3.05) is 5.32 Å². The predicted molar refractivity (Wildman–Crippen MR) is 103 cm³/mol. The third-order valence-electron chi connectivity index (χ3n) is 3.56. The number of aromatic nitrogens is 2. The second kappa shape index (κ2) is 7.44. The number of allylic oxidation sites excluding steroid dienone is 1. The summed E-state index contributed by atoms with van der Waals surface area (Å²) in [7, 11) is 0. The van der Waals surface area contributed by atoms with Gasteiger partial charge >= 0.3 is 5.97 Å². The van der Waals surface area contributed by atoms with E-state index in [1.807, 2.05) is 32.9 Å². The van der Waals surface area contributed by atoms with Crippen molar-refractivity contribution in [2.45, 2.75) is 32.4 Å². The number of rotatable bonds is 4. The van der Waals surface area contributed by atoms with Crippen LogP contribution in [0.15, 0.2) is 41.5 Å². The standard InChI is InChI=1S/C19H18ClFN4O2/c1-19(2,3)27-17(26)15-8-12(9-22-15)11-4-6-13(7-5-11)24-16-14(21)10-23-18(20)25-16/h4-10,15H,1-3H3,(H,23,24,25). The maximum atomic E-state index is 13.7. The lowest BCUT2D eigenvalue weighted by Gasteiger charge is -2.20. The first-order valence-corrected chi connectivity index (χ1v) is 8.62. The van der Waals surface area contributed by atoms with Gasteiger partial charge in [-0.25, -0.2) is 14.2 Å². The summed E-state index contributed by atoms with van der Waals surface area (Å²) < 4.78 is 19.0. The Morgan fingerprint density at radius 2 is 1.96 bits per heavy atom. The highest BCUT2D eigenvalue weighted by Crippen LogP contribution is 2.24. The van der Waals surface area contributed by atoms with Crippen LogP contribution in [0.5, 0.6) is 0 Å². The molecule has 0 aliphatic carbocycles. The van der Waals surface area contributed by atoms with E-state index in [0.29, 0.717) is 5.69 Å². The molecule has 2 aromatic rings. The lowest BCUT2D eigenvalue weighted by Crippen LogP contribution is -2.29. The normalized spacial score (nSPS) is 16.2. The van der Waals surface area contributed by atoms with Gasteiger partial charge in [0.25, 0.3) is 0 Å². The fraction of sp³-hybridized carbons (Fsp3) is 0.263. The average Bonchev–Trinajstić information content (AvgIpc) is 3.08. The highest BCUT2D eigenvalue weighted by Gasteiger charge is 2.25. The van der Waals surface area contributed by atoms with Gasteiger partial charge in [0.1, 0.15) is 5.60 Å². The maximum Gasteiger partial charge on any atom is 0.335 e. The SMILES string of the molecule is CC(C)(C)OC(=O)C1C=C(c2ccc(Nc3nc(Cl)ncc3F)cc2)C=N1. The van der Waals surface area contributed by atoms with Gasteiger partial charge in [0.15, 0.2) is 17.7 Å². The minimum atomic E-state index is -0.644. The van der Waals surface area contributed by atoms with Crippen molar-refractivity contribution in [1.82, 2.24) is 9.97 Å². The van der Waals surface area contributed by atoms with Gasteiger partial charge < -0.3 is 10.1 Å². The third-order valence-corrected chi connectivity index (χ3v) is 3.74. The fourth-order valence-corrected chi connectivity index (χ4v) is 2.53. The summed E-state index contributed by atoms with van der Waals surface area (Å²) in [4.78, 5) is 23.7. The number of aliphatic imine (C=N–C) groups is 1. The zero-order chi connectivity index (χ0) is 19.6. The number of halogens is 2. The smallest absolute Gasteiger partial charge is 0.335 e. The van der Waals surface area contributed by atoms with E-state index in [2.05, 4.69) is 20.3 Å². The molecule has 1 aromatic carbocycles. The Kier molecular flexibility index (Phi) is 5.23. The lowest BCUT2D eigenvalue weighted by atomic mass is 10.1. The summed E-state index contributed by atoms with van der Waals surface area (Å²) in [6, 6.07) is 6.55. The topological polar surface area (TPSA) is 76.5 Å². The molecule has 8 heteroatoms. The Balaban J connectivity index is 1.71. The number of anilines is 2. The van der Waals surface area contributed by atoms with Crippen molar-refractivity contribution in [3.05, 3.63) is 53.2 Å². The van der Waals surface area contributed by atoms with E-state index in [1.54, 1.807) is 24.4 Å². The van der Waals surface area contributed by atoms with Gasteiger partial charge in [-0.1, -0.05) is 12.1 Å². The minimum Gasteiger partial charge on any atom is -0.458 e. The van der Waals surface area contributed by atoms with Crippen molar-refractivity contribution < 1.29 is 13.9 Å². The number of benzene rings is 1. The molecule has 3 rings (SSSR count). The monoisotopic (exact) mass is 388 g/mol. The maximum absolute atomic E-state index is 13.7. The van der Waals surface area contributed by atoms with E-state index < -0.39 is 17.5 Å². The Morgan fingerprint density at radius 3 is 2.63 bits per heavy atom. The van der Waals surface area contributed by atoms with Crippen LogP contribution in [-0.2, 0) is 9.53 Å². The van der Waals surface area contributed by atoms with E-state index in [-0.39, 0.29) is 17.1 Å². The first-order valence-electron chi connectivity index (χ1n) is 8.25. The highest BCUT2D eigenvalue weighted by molar-refractivity contribution is 6.28. The number of hydrogen-bond acceptors (Lipinski definition) is 6. The molecule has 0 saturated heterocycles. The molecule has 1 aliphatic rings. The summed E-state index contributed by atoms with van der Waals surface area (Å²) in [6.07, 6.45) is 4.39. The van der Waals surface area contributed by atoms with Gasteiger partial charge in [0.2, 0.25) is 5.28 Å². The minimum absolute atomic E-state index is 0.00520. The van der Waals surface area contributed by atoms with Gasteiger partial charge in [-0.05, 0) is 61.7 Å². The summed E-state index contributed by atoms with van der Waals surface area (Å²) in [6.45, 7) is 5.44. The summed E-state index contributed by atoms with van der Waals surface area (Å²) in [5, 5.41) is 2.80. The quantitative estimate of drug-likeness (QED) is 0.627. The molecule has 1 atom stereocenters. The number of esters is 1. The zero-order valence-corrected chi connectivity index (χ0v) is 15.8. The molecule has 0 bridgehead atoms. The summed E-state index contributed by atoms with van der Waals surface area (Å²) in [5.41, 5.74) is 1.76. The van der Waals surface area contributed by atoms with Crippen molar-refractivity contribution in [2.24, 2.45) is 4.99 Å². The number of hydrogen-bond donors (Lipinski definition) is 1. The zero-order valence-electron chi connectivity index (χ0n) is 15.0. The lowest BCUT2D eigenvalue weighted by molar-refractivity contribution is -0.154. The van der Waals surface area contributed by atoms with Gasteiger partial charge in [0.05, 0.1) is 6.20 Å². The number of nitrogens with zero attached hydrogens (tertiary/aromatic N) is 3. The van der Waals surface area contributed by atoms with E-state index in [0.717, 1.165) is 17.3 Å². The number of ether oxygens (including phenoxy) is 1. The van der Waals surface area contributed by atoms with Crippen LogP contribution in [0.1, 0.15) is 26.3 Å². The summed E-state index contributed by atoms with van der Waals surface area (Å²) >= 11 is 5.68. The van der Waals surface area contributed by atoms with E-state index in [9.17, 15) is 9.18 Å². The molecule has 0 saturated carbocycles. The van der Waals surface area contributed by atoms with E-state index in [1.165, 1.54) is 0 Å². The van der Waals surface area contributed by atoms with Crippen LogP contribution in [-0.4, -0.2) is 33.8 Å². The second-order valence-corrected chi connectivity index (χ2v) is 7.25. The molecule has 1 aliphatic heterocycles. The Bertz CT molecular complexity index is 920. The molecule has 0 spiro atoms. The van der Waals surface area contributed by atoms with Crippen molar-refractivity contribution >= 4 is 40.9 Å². The molecule has 1 unspecified atom stereocenters. The van der Waals surface area contributed by atoms with Gasteiger partial charge in [-0.15, -0.1) is 0 Å². The van der Waals surface area contributed by atoms with Crippen molar-refractivity contribution in [1.29, 1.82) is 0 Å². The molecule has 0 amide bonds. The molecule has 140 valence electrons. The molecule has 1 N–H and O–H groups in total. The largest absolute Gasteiger partial charge is 0.458 e. The van der Waals surface area contributed by atoms with Crippen LogP contribution in [0.25, 0.3) is 5.57 Å². The second-order valence-electron chi connectivity index (χ2n) is 6.92. The van der Waals surface area contributed by atoms with Gasteiger partial charge in [0, 0.05) is 11.9 Å². The van der Waals surface area contributed by atoms with Gasteiger partial charge in [-0.2, -0.15) is 4.98 Å². The summed E-state index contributed by atoms with van der Waals surface area (Å²) in [5.74, 6) is -0.994. The molecule has 6 nitrogen and oxygen atoms in total. The van der Waals surface area contributed by atoms with Crippen LogP contribution >= 0.6 is 11.6 Å². The Hall–Kier alpha value is -2.80. The van der Waals surface area contributed by atoms with Crippen LogP contribution < -0.4 is 5.32 Å². The predicted octanol–water partition coefficient (Wildman–Crippen LogP) is 4.19. The Morgan fingerprint density at radius 1 is 1.26 bits per heavy atom.